The minimum atomic E-state index is -0.0591. The summed E-state index contributed by atoms with van der Waals surface area (Å²) in [6.07, 6.45) is 3.20. The molecule has 19 heavy (non-hydrogen) atoms. The molecule has 100 valence electrons. The van der Waals surface area contributed by atoms with E-state index >= 15 is 0 Å². The Labute approximate surface area is 121 Å². The number of hydrogen-bond donors (Lipinski definition) is 1. The van der Waals surface area contributed by atoms with Crippen LogP contribution in [0.15, 0.2) is 34.2 Å². The van der Waals surface area contributed by atoms with Crippen LogP contribution in [0.2, 0.25) is 5.02 Å². The third-order valence-corrected chi connectivity index (χ3v) is 3.69. The number of aromatic amines is 1. The Morgan fingerprint density at radius 3 is 2.84 bits per heavy atom. The van der Waals surface area contributed by atoms with Gasteiger partial charge in [-0.3, -0.25) is 4.79 Å². The van der Waals surface area contributed by atoms with E-state index in [0.717, 1.165) is 23.2 Å². The maximum absolute atomic E-state index is 12.1. The first-order chi connectivity index (χ1) is 9.13. The zero-order valence-electron chi connectivity index (χ0n) is 10.9. The molecule has 5 heteroatoms. The smallest absolute Gasteiger partial charge is 0.255 e. The van der Waals surface area contributed by atoms with Crippen molar-refractivity contribution >= 4 is 23.4 Å². The summed E-state index contributed by atoms with van der Waals surface area (Å²) in [6, 6.07) is 7.56. The number of aromatic nitrogens is 2. The molecule has 0 bridgehead atoms. The zero-order chi connectivity index (χ0) is 13.8. The van der Waals surface area contributed by atoms with Gasteiger partial charge in [-0.25, -0.2) is 4.98 Å². The van der Waals surface area contributed by atoms with Gasteiger partial charge in [0.05, 0.1) is 5.69 Å². The Bertz CT molecular complexity index is 640. The lowest BCUT2D eigenvalue weighted by molar-refractivity contribution is 0.833. The van der Waals surface area contributed by atoms with Crippen molar-refractivity contribution in [1.82, 2.24) is 9.97 Å². The molecule has 1 N–H and O–H groups in total. The zero-order valence-corrected chi connectivity index (χ0v) is 12.4. The first-order valence-electron chi connectivity index (χ1n) is 6.04. The van der Waals surface area contributed by atoms with E-state index in [0.29, 0.717) is 16.6 Å². The molecule has 0 aliphatic rings. The second kappa shape index (κ2) is 6.26. The van der Waals surface area contributed by atoms with Crippen molar-refractivity contribution in [2.45, 2.75) is 24.9 Å². The number of H-pyrrole nitrogens is 1. The van der Waals surface area contributed by atoms with Crippen LogP contribution in [0.3, 0.4) is 0 Å². The lowest BCUT2D eigenvalue weighted by Gasteiger charge is -2.08. The molecule has 0 saturated heterocycles. The number of thioether (sulfide) groups is 1. The van der Waals surface area contributed by atoms with E-state index in [4.69, 9.17) is 11.6 Å². The van der Waals surface area contributed by atoms with Crippen LogP contribution in [0.4, 0.5) is 0 Å². The molecule has 1 heterocycles. The summed E-state index contributed by atoms with van der Waals surface area (Å²) in [6.45, 7) is 2.01. The van der Waals surface area contributed by atoms with Gasteiger partial charge in [0.15, 0.2) is 5.16 Å². The number of rotatable bonds is 4. The Morgan fingerprint density at radius 1 is 1.42 bits per heavy atom. The molecule has 1 aromatic carbocycles. The monoisotopic (exact) mass is 294 g/mol. The third-order valence-electron chi connectivity index (χ3n) is 2.88. The summed E-state index contributed by atoms with van der Waals surface area (Å²) < 4.78 is 0. The van der Waals surface area contributed by atoms with Gasteiger partial charge in [-0.05, 0) is 30.4 Å². The summed E-state index contributed by atoms with van der Waals surface area (Å²) in [7, 11) is 0. The van der Waals surface area contributed by atoms with Crippen LogP contribution in [-0.2, 0) is 12.8 Å². The standard InChI is InChI=1S/C14H15ClN2OS/c1-3-12-11(13(18)17-14(16-12)19-2)8-9-5-4-6-10(15)7-9/h4-7H,3,8H2,1-2H3,(H,16,17,18). The van der Waals surface area contributed by atoms with Crippen molar-refractivity contribution in [2.75, 3.05) is 6.26 Å². The van der Waals surface area contributed by atoms with Crippen molar-refractivity contribution in [3.8, 4) is 0 Å². The van der Waals surface area contributed by atoms with E-state index in [-0.39, 0.29) is 5.56 Å². The minimum Gasteiger partial charge on any atom is -0.301 e. The number of benzene rings is 1. The maximum Gasteiger partial charge on any atom is 0.255 e. The van der Waals surface area contributed by atoms with Crippen LogP contribution in [0.1, 0.15) is 23.7 Å². The molecule has 0 amide bonds. The van der Waals surface area contributed by atoms with E-state index < -0.39 is 0 Å². The van der Waals surface area contributed by atoms with E-state index in [9.17, 15) is 4.79 Å². The van der Waals surface area contributed by atoms with Gasteiger partial charge in [0.2, 0.25) is 0 Å². The highest BCUT2D eigenvalue weighted by molar-refractivity contribution is 7.98. The number of aryl methyl sites for hydroxylation is 1. The third kappa shape index (κ3) is 3.39. The molecule has 0 aliphatic heterocycles. The van der Waals surface area contributed by atoms with Gasteiger partial charge in [0, 0.05) is 17.0 Å². The van der Waals surface area contributed by atoms with Gasteiger partial charge in [-0.2, -0.15) is 0 Å². The van der Waals surface area contributed by atoms with Gasteiger partial charge >= 0.3 is 0 Å². The molecule has 2 aromatic rings. The molecule has 0 fully saturated rings. The number of halogens is 1. The van der Waals surface area contributed by atoms with Crippen LogP contribution in [0.25, 0.3) is 0 Å². The minimum absolute atomic E-state index is 0.0591. The highest BCUT2D eigenvalue weighted by Gasteiger charge is 2.10. The van der Waals surface area contributed by atoms with Crippen molar-refractivity contribution in [3.63, 3.8) is 0 Å². The fourth-order valence-electron chi connectivity index (χ4n) is 1.94. The van der Waals surface area contributed by atoms with Crippen LogP contribution in [0, 0.1) is 0 Å². The van der Waals surface area contributed by atoms with Gasteiger partial charge in [-0.15, -0.1) is 0 Å². The number of nitrogens with one attached hydrogen (secondary N) is 1. The van der Waals surface area contributed by atoms with E-state index in [1.165, 1.54) is 11.8 Å². The first-order valence-corrected chi connectivity index (χ1v) is 7.64. The normalized spacial score (nSPS) is 10.7. The molecule has 3 nitrogen and oxygen atoms in total. The summed E-state index contributed by atoms with van der Waals surface area (Å²) in [5.41, 5.74) is 2.54. The maximum atomic E-state index is 12.1. The van der Waals surface area contributed by atoms with Gasteiger partial charge < -0.3 is 4.98 Å². The van der Waals surface area contributed by atoms with Gasteiger partial charge in [0.1, 0.15) is 0 Å². The lowest BCUT2D eigenvalue weighted by Crippen LogP contribution is -2.18. The quantitative estimate of drug-likeness (QED) is 0.695. The molecular formula is C14H15ClN2OS. The highest BCUT2D eigenvalue weighted by Crippen LogP contribution is 2.16. The van der Waals surface area contributed by atoms with Crippen LogP contribution in [0.5, 0.6) is 0 Å². The SMILES string of the molecule is CCc1nc(SC)[nH]c(=O)c1Cc1cccc(Cl)c1. The van der Waals surface area contributed by atoms with Gasteiger partial charge in [-0.1, -0.05) is 42.4 Å². The molecule has 0 aliphatic carbocycles. The molecule has 0 radical (unpaired) electrons. The predicted molar refractivity (Wildman–Crippen MR) is 80.3 cm³/mol. The average Bonchev–Trinajstić information content (AvgIpc) is 2.40. The summed E-state index contributed by atoms with van der Waals surface area (Å²) in [5, 5.41) is 1.34. The molecule has 0 unspecified atom stereocenters. The Hall–Kier alpha value is -1.26. The fraction of sp³-hybridized carbons (Fsp3) is 0.286. The summed E-state index contributed by atoms with van der Waals surface area (Å²) in [4.78, 5) is 19.4. The number of nitrogens with zero attached hydrogens (tertiary/aromatic N) is 1. The Balaban J connectivity index is 2.42. The number of hydrogen-bond acceptors (Lipinski definition) is 3. The van der Waals surface area contributed by atoms with E-state index in [1.54, 1.807) is 0 Å². The predicted octanol–water partition coefficient (Wildman–Crippen LogP) is 3.30. The molecule has 1 aromatic heterocycles. The topological polar surface area (TPSA) is 45.8 Å². The molecule has 0 saturated carbocycles. The van der Waals surface area contributed by atoms with Crippen molar-refractivity contribution < 1.29 is 0 Å². The van der Waals surface area contributed by atoms with Crippen LogP contribution < -0.4 is 5.56 Å². The molecular weight excluding hydrogens is 280 g/mol. The fourth-order valence-corrected chi connectivity index (χ4v) is 2.55. The van der Waals surface area contributed by atoms with Crippen LogP contribution >= 0.6 is 23.4 Å². The highest BCUT2D eigenvalue weighted by atomic mass is 35.5. The summed E-state index contributed by atoms with van der Waals surface area (Å²) >= 11 is 7.41. The van der Waals surface area contributed by atoms with Gasteiger partial charge in [0.25, 0.3) is 5.56 Å². The first kappa shape index (κ1) is 14.2. The van der Waals surface area contributed by atoms with Crippen molar-refractivity contribution in [3.05, 3.63) is 56.5 Å². The molecule has 0 spiro atoms. The van der Waals surface area contributed by atoms with E-state index in [2.05, 4.69) is 9.97 Å². The lowest BCUT2D eigenvalue weighted by atomic mass is 10.0. The van der Waals surface area contributed by atoms with Crippen molar-refractivity contribution in [2.24, 2.45) is 0 Å². The molecule has 0 atom stereocenters. The van der Waals surface area contributed by atoms with E-state index in [1.807, 2.05) is 37.4 Å². The average molecular weight is 295 g/mol. The Kier molecular flexibility index (Phi) is 4.66. The van der Waals surface area contributed by atoms with Crippen LogP contribution in [-0.4, -0.2) is 16.2 Å². The summed E-state index contributed by atoms with van der Waals surface area (Å²) in [5.74, 6) is 0. The second-order valence-electron chi connectivity index (χ2n) is 4.16. The Morgan fingerprint density at radius 2 is 2.21 bits per heavy atom. The second-order valence-corrected chi connectivity index (χ2v) is 5.39. The van der Waals surface area contributed by atoms with Crippen molar-refractivity contribution in [1.29, 1.82) is 0 Å². The molecule has 2 rings (SSSR count). The largest absolute Gasteiger partial charge is 0.301 e.